The minimum atomic E-state index is -0.955. The maximum atomic E-state index is 12.7. The first kappa shape index (κ1) is 23.8. The number of carboxylic acids is 1. The van der Waals surface area contributed by atoms with Gasteiger partial charge in [-0.05, 0) is 55.4 Å². The summed E-state index contributed by atoms with van der Waals surface area (Å²) in [4.78, 5) is 36.4. The first-order chi connectivity index (χ1) is 16.2. The molecule has 180 valence electrons. The maximum absolute atomic E-state index is 12.7. The molecule has 0 saturated heterocycles. The highest BCUT2D eigenvalue weighted by molar-refractivity contribution is 5.81. The summed E-state index contributed by atoms with van der Waals surface area (Å²) >= 11 is 0. The van der Waals surface area contributed by atoms with Crippen molar-refractivity contribution >= 4 is 18.0 Å². The van der Waals surface area contributed by atoms with Crippen LogP contribution in [-0.4, -0.2) is 41.3 Å². The third kappa shape index (κ3) is 5.41. The van der Waals surface area contributed by atoms with Crippen molar-refractivity contribution in [1.82, 2.24) is 10.6 Å². The minimum absolute atomic E-state index is 0.000464. The summed E-state index contributed by atoms with van der Waals surface area (Å²) in [7, 11) is 0. The predicted octanol–water partition coefficient (Wildman–Crippen LogP) is 4.45. The number of amides is 2. The van der Waals surface area contributed by atoms with E-state index >= 15 is 0 Å². The van der Waals surface area contributed by atoms with E-state index in [9.17, 15) is 14.4 Å². The fourth-order valence-corrected chi connectivity index (χ4v) is 5.22. The summed E-state index contributed by atoms with van der Waals surface area (Å²) in [6.07, 6.45) is 2.21. The Morgan fingerprint density at radius 3 is 2.24 bits per heavy atom. The van der Waals surface area contributed by atoms with Crippen molar-refractivity contribution in [1.29, 1.82) is 0 Å². The van der Waals surface area contributed by atoms with Crippen LogP contribution < -0.4 is 10.6 Å². The standard InChI is InChI=1S/C27H32N2O5/c1-27(2,15-24(30)31)29-25(32)17-8-7-9-18(14-17)28-26(33)34-16-23-21-12-5-3-10-19(21)20-11-4-6-13-22(20)23/h3-6,10-13,17-18,23H,7-9,14-16H2,1-2H3,(H,28,33)(H,29,32)(H,30,31)/t17-,18-/m1/s1. The average molecular weight is 465 g/mol. The van der Waals surface area contributed by atoms with E-state index in [-0.39, 0.29) is 36.8 Å². The minimum Gasteiger partial charge on any atom is -0.481 e. The summed E-state index contributed by atoms with van der Waals surface area (Å²) in [6.45, 7) is 3.66. The number of carbonyl (C=O) groups is 3. The van der Waals surface area contributed by atoms with Crippen molar-refractivity contribution in [3.8, 4) is 11.1 Å². The molecule has 3 N–H and O–H groups in total. The second-order valence-electron chi connectivity index (χ2n) is 9.97. The average Bonchev–Trinajstić information content (AvgIpc) is 3.10. The molecule has 0 aliphatic heterocycles. The lowest BCUT2D eigenvalue weighted by atomic mass is 9.84. The Bertz CT molecular complexity index is 1030. The van der Waals surface area contributed by atoms with E-state index in [4.69, 9.17) is 9.84 Å². The molecule has 7 nitrogen and oxygen atoms in total. The number of ether oxygens (including phenoxy) is 1. The highest BCUT2D eigenvalue weighted by Gasteiger charge is 2.33. The Kier molecular flexibility index (Phi) is 6.91. The molecule has 0 unspecified atom stereocenters. The molecule has 2 aliphatic rings. The van der Waals surface area contributed by atoms with Crippen LogP contribution in [0.15, 0.2) is 48.5 Å². The topological polar surface area (TPSA) is 105 Å². The van der Waals surface area contributed by atoms with Gasteiger partial charge >= 0.3 is 12.1 Å². The van der Waals surface area contributed by atoms with Crippen LogP contribution in [0.3, 0.4) is 0 Å². The zero-order chi connectivity index (χ0) is 24.3. The lowest BCUT2D eigenvalue weighted by molar-refractivity contribution is -0.139. The number of hydrogen-bond donors (Lipinski definition) is 3. The zero-order valence-electron chi connectivity index (χ0n) is 19.7. The van der Waals surface area contributed by atoms with Gasteiger partial charge in [0.15, 0.2) is 0 Å². The number of benzene rings is 2. The number of nitrogens with one attached hydrogen (secondary N) is 2. The van der Waals surface area contributed by atoms with Gasteiger partial charge in [-0.15, -0.1) is 0 Å². The summed E-state index contributed by atoms with van der Waals surface area (Å²) in [6, 6.07) is 16.2. The van der Waals surface area contributed by atoms with E-state index in [1.165, 1.54) is 11.1 Å². The quantitative estimate of drug-likeness (QED) is 0.561. The summed E-state index contributed by atoms with van der Waals surface area (Å²) < 4.78 is 5.65. The third-order valence-corrected chi connectivity index (χ3v) is 6.77. The molecule has 4 rings (SSSR count). The molecule has 0 spiro atoms. The number of fused-ring (bicyclic) bond motifs is 3. The lowest BCUT2D eigenvalue weighted by Crippen LogP contribution is -2.49. The van der Waals surface area contributed by atoms with Crippen molar-refractivity contribution in [3.63, 3.8) is 0 Å². The molecule has 2 aromatic rings. The molecule has 1 fully saturated rings. The molecular weight excluding hydrogens is 432 g/mol. The van der Waals surface area contributed by atoms with Crippen LogP contribution in [0.1, 0.15) is 63.0 Å². The summed E-state index contributed by atoms with van der Waals surface area (Å²) in [5.74, 6) is -1.38. The highest BCUT2D eigenvalue weighted by Crippen LogP contribution is 2.44. The van der Waals surface area contributed by atoms with E-state index in [1.54, 1.807) is 13.8 Å². The van der Waals surface area contributed by atoms with E-state index in [1.807, 2.05) is 24.3 Å². The largest absolute Gasteiger partial charge is 0.481 e. The fourth-order valence-electron chi connectivity index (χ4n) is 5.22. The molecular formula is C27H32N2O5. The molecule has 1 saturated carbocycles. The second kappa shape index (κ2) is 9.87. The van der Waals surface area contributed by atoms with Gasteiger partial charge in [0.2, 0.25) is 5.91 Å². The number of aliphatic carboxylic acids is 1. The van der Waals surface area contributed by atoms with Crippen LogP contribution >= 0.6 is 0 Å². The lowest BCUT2D eigenvalue weighted by Gasteiger charge is -2.32. The van der Waals surface area contributed by atoms with Crippen molar-refractivity contribution in [2.45, 2.75) is 63.5 Å². The Balaban J connectivity index is 1.31. The van der Waals surface area contributed by atoms with Crippen LogP contribution in [0.2, 0.25) is 0 Å². The molecule has 0 heterocycles. The predicted molar refractivity (Wildman–Crippen MR) is 128 cm³/mol. The van der Waals surface area contributed by atoms with Crippen LogP contribution in [0.25, 0.3) is 11.1 Å². The van der Waals surface area contributed by atoms with Gasteiger partial charge in [-0.1, -0.05) is 55.0 Å². The molecule has 2 aliphatic carbocycles. The summed E-state index contributed by atoms with van der Waals surface area (Å²) in [5.41, 5.74) is 3.86. The Morgan fingerprint density at radius 1 is 1.00 bits per heavy atom. The molecule has 2 aromatic carbocycles. The second-order valence-corrected chi connectivity index (χ2v) is 9.97. The van der Waals surface area contributed by atoms with Crippen LogP contribution in [0.5, 0.6) is 0 Å². The normalized spacial score (nSPS) is 19.6. The van der Waals surface area contributed by atoms with Gasteiger partial charge in [-0.25, -0.2) is 4.79 Å². The maximum Gasteiger partial charge on any atom is 0.407 e. The van der Waals surface area contributed by atoms with Crippen LogP contribution in [-0.2, 0) is 14.3 Å². The van der Waals surface area contributed by atoms with Gasteiger partial charge in [-0.2, -0.15) is 0 Å². The molecule has 2 amide bonds. The van der Waals surface area contributed by atoms with Gasteiger partial charge in [-0.3, -0.25) is 9.59 Å². The molecule has 0 radical (unpaired) electrons. The number of carboxylic acid groups (broad SMARTS) is 1. The number of rotatable bonds is 7. The van der Waals surface area contributed by atoms with Gasteiger partial charge in [0.1, 0.15) is 6.61 Å². The SMILES string of the molecule is CC(C)(CC(=O)O)NC(=O)[C@@H]1CCC[C@@H](NC(=O)OCC2c3ccccc3-c3ccccc32)C1. The first-order valence-corrected chi connectivity index (χ1v) is 11.9. The Labute approximate surface area is 199 Å². The third-order valence-electron chi connectivity index (χ3n) is 6.77. The van der Waals surface area contributed by atoms with Gasteiger partial charge in [0.05, 0.1) is 6.42 Å². The van der Waals surface area contributed by atoms with Gasteiger partial charge in [0.25, 0.3) is 0 Å². The Morgan fingerprint density at radius 2 is 1.62 bits per heavy atom. The number of carbonyl (C=O) groups excluding carboxylic acids is 2. The summed E-state index contributed by atoms with van der Waals surface area (Å²) in [5, 5.41) is 14.8. The first-order valence-electron chi connectivity index (χ1n) is 11.9. The van der Waals surface area contributed by atoms with E-state index in [2.05, 4.69) is 34.9 Å². The molecule has 34 heavy (non-hydrogen) atoms. The smallest absolute Gasteiger partial charge is 0.407 e. The molecule has 0 aromatic heterocycles. The zero-order valence-corrected chi connectivity index (χ0v) is 19.7. The molecule has 2 atom stereocenters. The highest BCUT2D eigenvalue weighted by atomic mass is 16.5. The van der Waals surface area contributed by atoms with Gasteiger partial charge < -0.3 is 20.5 Å². The van der Waals surface area contributed by atoms with E-state index in [0.717, 1.165) is 30.4 Å². The van der Waals surface area contributed by atoms with Crippen LogP contribution in [0.4, 0.5) is 4.79 Å². The van der Waals surface area contributed by atoms with Crippen LogP contribution in [0, 0.1) is 5.92 Å². The van der Waals surface area contributed by atoms with Crippen molar-refractivity contribution in [2.24, 2.45) is 5.92 Å². The van der Waals surface area contributed by atoms with Crippen molar-refractivity contribution in [2.75, 3.05) is 6.61 Å². The molecule has 7 heteroatoms. The molecule has 0 bridgehead atoms. The van der Waals surface area contributed by atoms with E-state index in [0.29, 0.717) is 6.42 Å². The van der Waals surface area contributed by atoms with Crippen molar-refractivity contribution in [3.05, 3.63) is 59.7 Å². The van der Waals surface area contributed by atoms with E-state index < -0.39 is 17.6 Å². The fraction of sp³-hybridized carbons (Fsp3) is 0.444. The Hall–Kier alpha value is -3.35. The monoisotopic (exact) mass is 464 g/mol. The number of alkyl carbamates (subject to hydrolysis) is 1. The van der Waals surface area contributed by atoms with Crippen molar-refractivity contribution < 1.29 is 24.2 Å². The number of hydrogen-bond acceptors (Lipinski definition) is 4. The van der Waals surface area contributed by atoms with Gasteiger partial charge in [0, 0.05) is 23.4 Å².